The van der Waals surface area contributed by atoms with Gasteiger partial charge in [-0.3, -0.25) is 0 Å². The largest absolute Gasteiger partial charge is 0.549 e. The van der Waals surface area contributed by atoms with E-state index in [1.807, 2.05) is 0 Å². The van der Waals surface area contributed by atoms with Crippen molar-refractivity contribution in [3.8, 4) is 0 Å². The summed E-state index contributed by atoms with van der Waals surface area (Å²) in [5.74, 6) is -0.766. The van der Waals surface area contributed by atoms with Crippen LogP contribution in [0.1, 0.15) is 6.92 Å². The van der Waals surface area contributed by atoms with Crippen LogP contribution in [0.15, 0.2) is 12.2 Å². The van der Waals surface area contributed by atoms with Crippen molar-refractivity contribution in [1.82, 2.24) is 0 Å². The van der Waals surface area contributed by atoms with Crippen molar-refractivity contribution in [2.75, 3.05) is 7.11 Å². The highest BCUT2D eigenvalue weighted by molar-refractivity contribution is 5.81. The fourth-order valence-corrected chi connectivity index (χ4v) is 0.273. The van der Waals surface area contributed by atoms with Gasteiger partial charge in [-0.1, -0.05) is 6.08 Å². The molecule has 0 aliphatic carbocycles. The van der Waals surface area contributed by atoms with Crippen molar-refractivity contribution in [2.45, 2.75) is 6.92 Å². The predicted molar refractivity (Wildman–Crippen MR) is 34.4 cm³/mol. The molecule has 0 fully saturated rings. The Bertz CT molecular complexity index is 172. The van der Waals surface area contributed by atoms with E-state index >= 15 is 0 Å². The standard InChI is InChI=1S/C6H8O5/c1-3-4-5(7)10-11-6(8)9-2/h3-4H,1-2H3/b4-3+. The molecule has 0 rings (SSSR count). The van der Waals surface area contributed by atoms with E-state index < -0.39 is 12.1 Å². The van der Waals surface area contributed by atoms with Gasteiger partial charge in [0.05, 0.1) is 7.11 Å². The molecule has 0 bridgehead atoms. The van der Waals surface area contributed by atoms with Gasteiger partial charge >= 0.3 is 12.1 Å². The second kappa shape index (κ2) is 5.28. The molecule has 5 heteroatoms. The van der Waals surface area contributed by atoms with Gasteiger partial charge in [0.25, 0.3) is 0 Å². The van der Waals surface area contributed by atoms with E-state index in [1.165, 1.54) is 6.08 Å². The highest BCUT2D eigenvalue weighted by atomic mass is 17.2. The third-order valence-electron chi connectivity index (χ3n) is 0.661. The zero-order valence-electron chi connectivity index (χ0n) is 6.20. The summed E-state index contributed by atoms with van der Waals surface area (Å²) < 4.78 is 4.02. The number of carbonyl (C=O) groups is 2. The number of hydrogen-bond acceptors (Lipinski definition) is 5. The molecule has 0 aliphatic rings. The molecule has 0 unspecified atom stereocenters. The van der Waals surface area contributed by atoms with Crippen LogP contribution in [-0.4, -0.2) is 19.2 Å². The van der Waals surface area contributed by atoms with Crippen LogP contribution in [0, 0.1) is 0 Å². The van der Waals surface area contributed by atoms with E-state index in [0.717, 1.165) is 13.2 Å². The van der Waals surface area contributed by atoms with Crippen LogP contribution >= 0.6 is 0 Å². The molecule has 0 N–H and O–H groups in total. The SMILES string of the molecule is C/C=C/C(=O)OOC(=O)OC. The molecule has 0 aromatic carbocycles. The molecule has 0 aromatic heterocycles. The zero-order chi connectivity index (χ0) is 8.69. The lowest BCUT2D eigenvalue weighted by molar-refractivity contribution is -0.236. The number of allylic oxidation sites excluding steroid dienone is 1. The Labute approximate surface area is 63.5 Å². The van der Waals surface area contributed by atoms with E-state index in [2.05, 4.69) is 14.5 Å². The van der Waals surface area contributed by atoms with Crippen molar-refractivity contribution < 1.29 is 24.1 Å². The van der Waals surface area contributed by atoms with E-state index in [-0.39, 0.29) is 0 Å². The minimum absolute atomic E-state index is 0.766. The maximum absolute atomic E-state index is 10.4. The van der Waals surface area contributed by atoms with Crippen molar-refractivity contribution >= 4 is 12.1 Å². The Morgan fingerprint density at radius 3 is 2.36 bits per heavy atom. The lowest BCUT2D eigenvalue weighted by atomic mass is 10.5. The number of methoxy groups -OCH3 is 1. The van der Waals surface area contributed by atoms with Gasteiger partial charge in [-0.05, 0) is 6.92 Å². The van der Waals surface area contributed by atoms with Gasteiger partial charge in [0.15, 0.2) is 0 Å². The van der Waals surface area contributed by atoms with Crippen molar-refractivity contribution in [1.29, 1.82) is 0 Å². The average molecular weight is 160 g/mol. The second-order valence-corrected chi connectivity index (χ2v) is 1.44. The van der Waals surface area contributed by atoms with E-state index in [0.29, 0.717) is 0 Å². The van der Waals surface area contributed by atoms with Crippen LogP contribution in [0.25, 0.3) is 0 Å². The van der Waals surface area contributed by atoms with E-state index in [1.54, 1.807) is 6.92 Å². The molecule has 0 radical (unpaired) electrons. The maximum Gasteiger partial charge on any atom is 0.549 e. The first-order valence-corrected chi connectivity index (χ1v) is 2.79. The fraction of sp³-hybridized carbons (Fsp3) is 0.333. The van der Waals surface area contributed by atoms with Crippen LogP contribution < -0.4 is 0 Å². The Balaban J connectivity index is 3.54. The molecule has 0 aromatic rings. The summed E-state index contributed by atoms with van der Waals surface area (Å²) in [5, 5.41) is 0. The molecule has 0 atom stereocenters. The van der Waals surface area contributed by atoms with Gasteiger partial charge in [0.2, 0.25) is 0 Å². The molecule has 0 saturated carbocycles. The van der Waals surface area contributed by atoms with Gasteiger partial charge in [-0.25, -0.2) is 14.6 Å². The second-order valence-electron chi connectivity index (χ2n) is 1.44. The van der Waals surface area contributed by atoms with Crippen molar-refractivity contribution in [2.24, 2.45) is 0 Å². The Morgan fingerprint density at radius 2 is 1.91 bits per heavy atom. The molecule has 0 spiro atoms. The number of carbonyl (C=O) groups excluding carboxylic acids is 2. The molecule has 0 aliphatic heterocycles. The van der Waals surface area contributed by atoms with Gasteiger partial charge in [0, 0.05) is 6.08 Å². The van der Waals surface area contributed by atoms with Crippen LogP contribution in [0.2, 0.25) is 0 Å². The summed E-state index contributed by atoms with van der Waals surface area (Å²) in [7, 11) is 1.10. The first-order chi connectivity index (χ1) is 5.20. The van der Waals surface area contributed by atoms with Crippen LogP contribution in [0.5, 0.6) is 0 Å². The number of ether oxygens (including phenoxy) is 1. The third-order valence-corrected chi connectivity index (χ3v) is 0.661. The minimum Gasteiger partial charge on any atom is -0.435 e. The van der Waals surface area contributed by atoms with Crippen LogP contribution in [0.3, 0.4) is 0 Å². The normalized spacial score (nSPS) is 9.27. The molecule has 5 nitrogen and oxygen atoms in total. The van der Waals surface area contributed by atoms with Crippen molar-refractivity contribution in [3.63, 3.8) is 0 Å². The highest BCUT2D eigenvalue weighted by Gasteiger charge is 2.04. The first-order valence-electron chi connectivity index (χ1n) is 2.79. The number of rotatable bonds is 1. The highest BCUT2D eigenvalue weighted by Crippen LogP contribution is 1.86. The minimum atomic E-state index is -1.07. The van der Waals surface area contributed by atoms with Crippen LogP contribution in [-0.2, 0) is 19.3 Å². The third kappa shape index (κ3) is 4.95. The average Bonchev–Trinajstić information content (AvgIpc) is 2.01. The molecule has 62 valence electrons. The van der Waals surface area contributed by atoms with Crippen molar-refractivity contribution in [3.05, 3.63) is 12.2 Å². The summed E-state index contributed by atoms with van der Waals surface area (Å²) in [4.78, 5) is 28.4. The Morgan fingerprint density at radius 1 is 1.27 bits per heavy atom. The predicted octanol–water partition coefficient (Wildman–Crippen LogP) is 0.804. The zero-order valence-corrected chi connectivity index (χ0v) is 6.20. The summed E-state index contributed by atoms with van der Waals surface area (Å²) >= 11 is 0. The van der Waals surface area contributed by atoms with Gasteiger partial charge in [-0.2, -0.15) is 4.79 Å². The Kier molecular flexibility index (Phi) is 4.55. The molecule has 0 amide bonds. The van der Waals surface area contributed by atoms with Gasteiger partial charge in [0.1, 0.15) is 0 Å². The molecule has 0 heterocycles. The van der Waals surface area contributed by atoms with Gasteiger partial charge in [-0.15, -0.1) is 0 Å². The lowest BCUT2D eigenvalue weighted by Crippen LogP contribution is -2.08. The molecular weight excluding hydrogens is 152 g/mol. The first kappa shape index (κ1) is 9.48. The smallest absolute Gasteiger partial charge is 0.435 e. The topological polar surface area (TPSA) is 61.8 Å². The Hall–Kier alpha value is -1.52. The quantitative estimate of drug-likeness (QED) is 0.246. The molecule has 11 heavy (non-hydrogen) atoms. The lowest BCUT2D eigenvalue weighted by Gasteiger charge is -1.96. The summed E-state index contributed by atoms with van der Waals surface area (Å²) in [5.41, 5.74) is 0. The maximum atomic E-state index is 10.4. The summed E-state index contributed by atoms with van der Waals surface area (Å²) in [6, 6.07) is 0. The molecule has 0 saturated heterocycles. The van der Waals surface area contributed by atoms with Gasteiger partial charge < -0.3 is 4.74 Å². The monoisotopic (exact) mass is 160 g/mol. The van der Waals surface area contributed by atoms with E-state index in [9.17, 15) is 9.59 Å². The summed E-state index contributed by atoms with van der Waals surface area (Å²) in [6.45, 7) is 1.62. The fourth-order valence-electron chi connectivity index (χ4n) is 0.273. The summed E-state index contributed by atoms with van der Waals surface area (Å²) in [6.07, 6.45) is 1.48. The molecular formula is C6H8O5. The van der Waals surface area contributed by atoms with Crippen LogP contribution in [0.4, 0.5) is 4.79 Å². The van der Waals surface area contributed by atoms with E-state index in [4.69, 9.17) is 0 Å². The number of hydrogen-bond donors (Lipinski definition) is 0.